The lowest BCUT2D eigenvalue weighted by Crippen LogP contribution is -2.06. The summed E-state index contributed by atoms with van der Waals surface area (Å²) in [5, 5.41) is 0.362. The highest BCUT2D eigenvalue weighted by Gasteiger charge is 2.10. The first kappa shape index (κ1) is 11.0. The number of carbonyl (C=O) groups excluding carboxylic acids is 1. The molecule has 0 aliphatic heterocycles. The minimum Gasteiger partial charge on any atom is -0.287 e. The number of thioether (sulfide) groups is 1. The van der Waals surface area contributed by atoms with E-state index in [-0.39, 0.29) is 5.92 Å². The normalized spacial score (nSPS) is 13.0. The fourth-order valence-electron chi connectivity index (χ4n) is 0.913. The molecule has 0 unspecified atom stereocenters. The van der Waals surface area contributed by atoms with Gasteiger partial charge in [0.15, 0.2) is 5.12 Å². The lowest BCUT2D eigenvalue weighted by atomic mass is 10.1. The van der Waals surface area contributed by atoms with Crippen molar-refractivity contribution in [1.82, 2.24) is 0 Å². The molecular weight excluding hydrogens is 156 g/mol. The summed E-state index contributed by atoms with van der Waals surface area (Å²) >= 11 is 1.45. The molecule has 0 N–H and O–H groups in total. The molecule has 66 valence electrons. The average molecular weight is 174 g/mol. The first-order valence-corrected chi connectivity index (χ1v) is 5.37. The monoisotopic (exact) mass is 174 g/mol. The van der Waals surface area contributed by atoms with Gasteiger partial charge in [0.25, 0.3) is 0 Å². The third-order valence-corrected chi connectivity index (χ3v) is 2.66. The second-order valence-electron chi connectivity index (χ2n) is 2.80. The van der Waals surface area contributed by atoms with Gasteiger partial charge in [-0.2, -0.15) is 0 Å². The Kier molecular flexibility index (Phi) is 6.73. The zero-order valence-corrected chi connectivity index (χ0v) is 8.54. The van der Waals surface area contributed by atoms with Gasteiger partial charge in [0, 0.05) is 5.92 Å². The topological polar surface area (TPSA) is 17.1 Å². The van der Waals surface area contributed by atoms with Crippen molar-refractivity contribution in [3.05, 3.63) is 0 Å². The molecule has 0 aliphatic carbocycles. The third-order valence-electron chi connectivity index (χ3n) is 1.68. The second-order valence-corrected chi connectivity index (χ2v) is 4.06. The highest BCUT2D eigenvalue weighted by molar-refractivity contribution is 8.13. The predicted octanol–water partition coefficient (Wildman–Crippen LogP) is 3.09. The first-order valence-electron chi connectivity index (χ1n) is 4.39. The summed E-state index contributed by atoms with van der Waals surface area (Å²) in [5.41, 5.74) is 0. The average Bonchev–Trinajstić information content (AvgIpc) is 2.00. The molecule has 2 heteroatoms. The van der Waals surface area contributed by atoms with Crippen LogP contribution in [-0.2, 0) is 4.79 Å². The molecule has 0 aromatic carbocycles. The molecule has 0 spiro atoms. The molecule has 0 saturated carbocycles. The van der Waals surface area contributed by atoms with Gasteiger partial charge in [0.2, 0.25) is 0 Å². The number of carbonyl (C=O) groups is 1. The Hall–Kier alpha value is 0.0200. The second kappa shape index (κ2) is 6.71. The summed E-state index contributed by atoms with van der Waals surface area (Å²) in [5.74, 6) is 1.18. The summed E-state index contributed by atoms with van der Waals surface area (Å²) in [6.45, 7) is 6.21. The Labute approximate surface area is 73.9 Å². The van der Waals surface area contributed by atoms with E-state index in [1.807, 2.05) is 13.8 Å². The van der Waals surface area contributed by atoms with Crippen molar-refractivity contribution in [1.29, 1.82) is 0 Å². The summed E-state index contributed by atoms with van der Waals surface area (Å²) in [6, 6.07) is 0. The molecule has 0 bridgehead atoms. The van der Waals surface area contributed by atoms with Crippen LogP contribution in [0.25, 0.3) is 0 Å². The minimum absolute atomic E-state index is 0.264. The third kappa shape index (κ3) is 5.31. The van der Waals surface area contributed by atoms with Crippen LogP contribution in [0.15, 0.2) is 0 Å². The van der Waals surface area contributed by atoms with Crippen molar-refractivity contribution in [2.24, 2.45) is 5.92 Å². The molecule has 0 aliphatic rings. The van der Waals surface area contributed by atoms with E-state index in [0.717, 1.165) is 12.2 Å². The van der Waals surface area contributed by atoms with Crippen LogP contribution in [0, 0.1) is 5.92 Å². The lowest BCUT2D eigenvalue weighted by Gasteiger charge is -2.06. The van der Waals surface area contributed by atoms with Crippen LogP contribution in [0.4, 0.5) is 0 Å². The summed E-state index contributed by atoms with van der Waals surface area (Å²) in [7, 11) is 0. The Morgan fingerprint density at radius 3 is 2.55 bits per heavy atom. The largest absolute Gasteiger partial charge is 0.287 e. The van der Waals surface area contributed by atoms with E-state index in [9.17, 15) is 4.79 Å². The van der Waals surface area contributed by atoms with E-state index >= 15 is 0 Å². The number of hydrogen-bond donors (Lipinski definition) is 0. The van der Waals surface area contributed by atoms with Crippen LogP contribution in [0.3, 0.4) is 0 Å². The number of unbranched alkanes of at least 4 members (excludes halogenated alkanes) is 1. The summed E-state index contributed by atoms with van der Waals surface area (Å²) < 4.78 is 0. The molecular formula is C9H18OS. The maximum atomic E-state index is 11.2. The maximum Gasteiger partial charge on any atom is 0.191 e. The van der Waals surface area contributed by atoms with Gasteiger partial charge in [-0.3, -0.25) is 4.79 Å². The van der Waals surface area contributed by atoms with Crippen molar-refractivity contribution >= 4 is 16.9 Å². The van der Waals surface area contributed by atoms with Crippen molar-refractivity contribution < 1.29 is 4.79 Å². The van der Waals surface area contributed by atoms with E-state index in [0.29, 0.717) is 5.12 Å². The molecule has 11 heavy (non-hydrogen) atoms. The van der Waals surface area contributed by atoms with Crippen molar-refractivity contribution in [3.63, 3.8) is 0 Å². The Morgan fingerprint density at radius 2 is 2.09 bits per heavy atom. The van der Waals surface area contributed by atoms with Crippen molar-refractivity contribution in [2.75, 3.05) is 5.75 Å². The van der Waals surface area contributed by atoms with E-state index in [2.05, 4.69) is 6.92 Å². The van der Waals surface area contributed by atoms with Crippen LogP contribution in [-0.4, -0.2) is 10.9 Å². The zero-order valence-electron chi connectivity index (χ0n) is 7.72. The zero-order chi connectivity index (χ0) is 8.69. The van der Waals surface area contributed by atoms with Crippen LogP contribution in [0.1, 0.15) is 40.0 Å². The fourth-order valence-corrected chi connectivity index (χ4v) is 1.60. The van der Waals surface area contributed by atoms with Gasteiger partial charge in [0.05, 0.1) is 0 Å². The molecule has 1 atom stereocenters. The fraction of sp³-hybridized carbons (Fsp3) is 0.889. The molecule has 0 rings (SSSR count). The van der Waals surface area contributed by atoms with Crippen LogP contribution in [0.5, 0.6) is 0 Å². The predicted molar refractivity (Wildman–Crippen MR) is 51.8 cm³/mol. The van der Waals surface area contributed by atoms with Gasteiger partial charge in [-0.25, -0.2) is 0 Å². The standard InChI is InChI=1S/C9H18OS/c1-4-6-7-8(3)9(10)11-5-2/h8H,4-7H2,1-3H3/t8-/m0/s1. The van der Waals surface area contributed by atoms with Crippen molar-refractivity contribution in [3.8, 4) is 0 Å². The van der Waals surface area contributed by atoms with E-state index in [1.54, 1.807) is 0 Å². The van der Waals surface area contributed by atoms with Gasteiger partial charge in [-0.05, 0) is 12.2 Å². The highest BCUT2D eigenvalue weighted by atomic mass is 32.2. The van der Waals surface area contributed by atoms with Gasteiger partial charge in [0.1, 0.15) is 0 Å². The van der Waals surface area contributed by atoms with E-state index in [1.165, 1.54) is 24.6 Å². The SMILES string of the molecule is CCCC[C@H](C)C(=O)SCC. The van der Waals surface area contributed by atoms with E-state index in [4.69, 9.17) is 0 Å². The van der Waals surface area contributed by atoms with E-state index < -0.39 is 0 Å². The van der Waals surface area contributed by atoms with Gasteiger partial charge in [-0.15, -0.1) is 0 Å². The molecule has 0 heterocycles. The first-order chi connectivity index (χ1) is 5.22. The van der Waals surface area contributed by atoms with Crippen LogP contribution >= 0.6 is 11.8 Å². The lowest BCUT2D eigenvalue weighted by molar-refractivity contribution is -0.114. The number of hydrogen-bond acceptors (Lipinski definition) is 2. The molecule has 0 radical (unpaired) electrons. The maximum absolute atomic E-state index is 11.2. The molecule has 0 aromatic rings. The summed E-state index contributed by atoms with van der Waals surface area (Å²) in [6.07, 6.45) is 3.42. The van der Waals surface area contributed by atoms with Gasteiger partial charge in [-0.1, -0.05) is 45.4 Å². The highest BCUT2D eigenvalue weighted by Crippen LogP contribution is 2.15. The van der Waals surface area contributed by atoms with Crippen molar-refractivity contribution in [2.45, 2.75) is 40.0 Å². The molecule has 0 aromatic heterocycles. The Bertz CT molecular complexity index is 112. The Morgan fingerprint density at radius 1 is 1.45 bits per heavy atom. The smallest absolute Gasteiger partial charge is 0.191 e. The molecule has 1 nitrogen and oxygen atoms in total. The van der Waals surface area contributed by atoms with Gasteiger partial charge >= 0.3 is 0 Å². The molecule has 0 amide bonds. The summed E-state index contributed by atoms with van der Waals surface area (Å²) in [4.78, 5) is 11.2. The van der Waals surface area contributed by atoms with Gasteiger partial charge < -0.3 is 0 Å². The quantitative estimate of drug-likeness (QED) is 0.637. The number of rotatable bonds is 5. The molecule has 0 saturated heterocycles. The van der Waals surface area contributed by atoms with Crippen LogP contribution in [0.2, 0.25) is 0 Å². The minimum atomic E-state index is 0.264. The van der Waals surface area contributed by atoms with Crippen LogP contribution < -0.4 is 0 Å². The Balaban J connectivity index is 3.46. The molecule has 0 fully saturated rings.